The molecular weight excluding hydrogens is 632 g/mol. The average Bonchev–Trinajstić information content (AvgIpc) is 3.48. The molecule has 0 bridgehead atoms. The third-order valence-corrected chi connectivity index (χ3v) is 6.71. The SMILES string of the molecule is COC(=O)[C@H]1O[C@@H](n2cnc3c(NCc4cccc(I)c4)nc(Cl)nc32)[C@H](OC(=O)c2ccccc2)[C@@H]1F. The Labute approximate surface area is 234 Å². The topological polar surface area (TPSA) is 117 Å². The Morgan fingerprint density at radius 3 is 2.71 bits per heavy atom. The van der Waals surface area contributed by atoms with E-state index in [0.717, 1.165) is 16.2 Å². The summed E-state index contributed by atoms with van der Waals surface area (Å²) in [7, 11) is 1.11. The highest BCUT2D eigenvalue weighted by Crippen LogP contribution is 2.37. The van der Waals surface area contributed by atoms with Crippen molar-refractivity contribution in [1.82, 2.24) is 19.5 Å². The van der Waals surface area contributed by atoms with Gasteiger partial charge in [0.25, 0.3) is 0 Å². The van der Waals surface area contributed by atoms with Crippen LogP contribution in [0.4, 0.5) is 10.2 Å². The molecule has 3 heterocycles. The molecule has 0 amide bonds. The number of benzene rings is 2. The number of imidazole rings is 1. The van der Waals surface area contributed by atoms with Crippen molar-refractivity contribution in [3.63, 3.8) is 0 Å². The normalized spacial score (nSPS) is 20.8. The number of carbonyl (C=O) groups excluding carboxylic acids is 2. The number of aromatic nitrogens is 4. The Balaban J connectivity index is 1.48. The van der Waals surface area contributed by atoms with E-state index < -0.39 is 36.5 Å². The molecule has 1 aliphatic heterocycles. The molecule has 4 atom stereocenters. The van der Waals surface area contributed by atoms with Crippen LogP contribution >= 0.6 is 34.2 Å². The summed E-state index contributed by atoms with van der Waals surface area (Å²) in [5.41, 5.74) is 1.74. The summed E-state index contributed by atoms with van der Waals surface area (Å²) >= 11 is 8.44. The van der Waals surface area contributed by atoms with Crippen LogP contribution < -0.4 is 5.32 Å². The summed E-state index contributed by atoms with van der Waals surface area (Å²) in [6, 6.07) is 16.0. The van der Waals surface area contributed by atoms with Gasteiger partial charge in [-0.3, -0.25) is 4.57 Å². The van der Waals surface area contributed by atoms with Crippen LogP contribution in [0, 0.1) is 3.57 Å². The quantitative estimate of drug-likeness (QED) is 0.177. The van der Waals surface area contributed by atoms with Gasteiger partial charge < -0.3 is 19.5 Å². The van der Waals surface area contributed by atoms with Gasteiger partial charge in [0.1, 0.15) is 0 Å². The van der Waals surface area contributed by atoms with Crippen molar-refractivity contribution in [3.8, 4) is 0 Å². The molecule has 38 heavy (non-hydrogen) atoms. The number of anilines is 1. The van der Waals surface area contributed by atoms with Crippen molar-refractivity contribution < 1.29 is 28.2 Å². The summed E-state index contributed by atoms with van der Waals surface area (Å²) in [5, 5.41) is 3.10. The molecule has 196 valence electrons. The van der Waals surface area contributed by atoms with E-state index in [9.17, 15) is 9.59 Å². The number of ether oxygens (including phenoxy) is 3. The first-order valence-corrected chi connectivity index (χ1v) is 12.8. The molecule has 0 spiro atoms. The lowest BCUT2D eigenvalue weighted by molar-refractivity contribution is -0.157. The largest absolute Gasteiger partial charge is 0.467 e. The van der Waals surface area contributed by atoms with E-state index in [2.05, 4.69) is 47.6 Å². The van der Waals surface area contributed by atoms with E-state index in [4.69, 9.17) is 21.1 Å². The van der Waals surface area contributed by atoms with Gasteiger partial charge in [0.05, 0.1) is 19.0 Å². The fourth-order valence-electron chi connectivity index (χ4n) is 4.08. The molecule has 2 aromatic carbocycles. The smallest absolute Gasteiger partial charge is 0.338 e. The molecule has 0 aliphatic carbocycles. The highest BCUT2D eigenvalue weighted by molar-refractivity contribution is 14.1. The molecule has 4 aromatic rings. The number of esters is 2. The molecule has 1 fully saturated rings. The van der Waals surface area contributed by atoms with Crippen LogP contribution in [0.1, 0.15) is 22.1 Å². The summed E-state index contributed by atoms with van der Waals surface area (Å²) in [6.07, 6.45) is -5.12. The Bertz CT molecular complexity index is 1490. The van der Waals surface area contributed by atoms with Crippen molar-refractivity contribution in [2.24, 2.45) is 0 Å². The third kappa shape index (κ3) is 5.28. The number of methoxy groups -OCH3 is 1. The maximum absolute atomic E-state index is 15.5. The van der Waals surface area contributed by atoms with Gasteiger partial charge in [-0.25, -0.2) is 19.0 Å². The van der Waals surface area contributed by atoms with Crippen LogP contribution in [0.3, 0.4) is 0 Å². The van der Waals surface area contributed by atoms with E-state index in [-0.39, 0.29) is 16.5 Å². The highest BCUT2D eigenvalue weighted by Gasteiger charge is 2.53. The Hall–Kier alpha value is -3.36. The molecule has 5 rings (SSSR count). The zero-order valence-electron chi connectivity index (χ0n) is 19.8. The van der Waals surface area contributed by atoms with Crippen molar-refractivity contribution >= 4 is 63.1 Å². The number of hydrogen-bond donors (Lipinski definition) is 1. The standard InChI is InChI=1S/C25H20ClFIN5O5/c1-36-24(35)19-16(27)18(38-23(34)14-7-3-2-4-8-14)22(37-19)33-12-30-17-20(31-25(26)32-21(17)33)29-11-13-6-5-9-15(28)10-13/h2-10,12,16,18-19,22H,11H2,1H3,(H,29,31,32)/t16-,18+,19-,22+/m0/s1. The maximum Gasteiger partial charge on any atom is 0.338 e. The van der Waals surface area contributed by atoms with E-state index >= 15 is 4.39 Å². The average molecular weight is 652 g/mol. The lowest BCUT2D eigenvalue weighted by Crippen LogP contribution is -2.36. The molecule has 13 heteroatoms. The van der Waals surface area contributed by atoms with Crippen LogP contribution in [0.2, 0.25) is 5.28 Å². The second-order valence-electron chi connectivity index (χ2n) is 8.30. The van der Waals surface area contributed by atoms with Crippen molar-refractivity contribution in [1.29, 1.82) is 0 Å². The summed E-state index contributed by atoms with van der Waals surface area (Å²) in [4.78, 5) is 37.9. The number of fused-ring (bicyclic) bond motifs is 1. The van der Waals surface area contributed by atoms with Crippen LogP contribution in [0.15, 0.2) is 60.9 Å². The minimum absolute atomic E-state index is 0.0958. The van der Waals surface area contributed by atoms with Crippen LogP contribution in [0.25, 0.3) is 11.2 Å². The fourth-order valence-corrected chi connectivity index (χ4v) is 4.85. The van der Waals surface area contributed by atoms with Crippen LogP contribution in [-0.2, 0) is 25.5 Å². The van der Waals surface area contributed by atoms with Crippen molar-refractivity contribution in [2.75, 3.05) is 12.4 Å². The molecular formula is C25H20ClFIN5O5. The summed E-state index contributed by atoms with van der Waals surface area (Å²) in [5.74, 6) is -1.39. The van der Waals surface area contributed by atoms with Gasteiger partial charge in [0.2, 0.25) is 5.28 Å². The van der Waals surface area contributed by atoms with Gasteiger partial charge in [-0.2, -0.15) is 9.97 Å². The number of nitrogens with one attached hydrogen (secondary N) is 1. The first-order valence-electron chi connectivity index (χ1n) is 11.4. The number of rotatable bonds is 7. The van der Waals surface area contributed by atoms with Crippen LogP contribution in [0.5, 0.6) is 0 Å². The predicted octanol–water partition coefficient (Wildman–Crippen LogP) is 4.33. The van der Waals surface area contributed by atoms with Gasteiger partial charge >= 0.3 is 11.9 Å². The lowest BCUT2D eigenvalue weighted by Gasteiger charge is -2.21. The third-order valence-electron chi connectivity index (χ3n) is 5.87. The number of halogens is 3. The zero-order valence-corrected chi connectivity index (χ0v) is 22.7. The monoisotopic (exact) mass is 651 g/mol. The number of hydrogen-bond acceptors (Lipinski definition) is 9. The molecule has 2 aromatic heterocycles. The van der Waals surface area contributed by atoms with E-state index in [1.54, 1.807) is 18.2 Å². The predicted molar refractivity (Wildman–Crippen MR) is 143 cm³/mol. The van der Waals surface area contributed by atoms with Gasteiger partial charge in [-0.1, -0.05) is 30.3 Å². The maximum atomic E-state index is 15.5. The second-order valence-corrected chi connectivity index (χ2v) is 9.88. The minimum Gasteiger partial charge on any atom is -0.467 e. The Morgan fingerprint density at radius 2 is 1.97 bits per heavy atom. The molecule has 0 saturated carbocycles. The Morgan fingerprint density at radius 1 is 1.18 bits per heavy atom. The first-order chi connectivity index (χ1) is 18.4. The van der Waals surface area contributed by atoms with Gasteiger partial charge in [-0.15, -0.1) is 0 Å². The molecule has 1 N–H and O–H groups in total. The van der Waals surface area contributed by atoms with Gasteiger partial charge in [0.15, 0.2) is 41.6 Å². The molecule has 10 nitrogen and oxygen atoms in total. The number of alkyl halides is 1. The summed E-state index contributed by atoms with van der Waals surface area (Å²) < 4.78 is 33.9. The van der Waals surface area contributed by atoms with Gasteiger partial charge in [-0.05, 0) is 64.0 Å². The first kappa shape index (κ1) is 26.3. The van der Waals surface area contributed by atoms with Crippen molar-refractivity contribution in [2.45, 2.75) is 31.2 Å². The lowest BCUT2D eigenvalue weighted by atomic mass is 10.1. The minimum atomic E-state index is -2.02. The van der Waals surface area contributed by atoms with E-state index in [1.165, 1.54) is 23.0 Å². The molecule has 0 unspecified atom stereocenters. The second kappa shape index (κ2) is 11.2. The number of carbonyl (C=O) groups is 2. The van der Waals surface area contributed by atoms with E-state index in [1.807, 2.05) is 24.3 Å². The van der Waals surface area contributed by atoms with Crippen LogP contribution in [-0.4, -0.2) is 56.9 Å². The number of nitrogens with zero attached hydrogens (tertiary/aromatic N) is 4. The van der Waals surface area contributed by atoms with Crippen molar-refractivity contribution in [3.05, 3.63) is 80.9 Å². The molecule has 0 radical (unpaired) electrons. The molecule has 1 saturated heterocycles. The Kier molecular flexibility index (Phi) is 7.72. The highest BCUT2D eigenvalue weighted by atomic mass is 127. The van der Waals surface area contributed by atoms with E-state index in [0.29, 0.717) is 17.9 Å². The summed E-state index contributed by atoms with van der Waals surface area (Å²) in [6.45, 7) is 0.431. The fraction of sp³-hybridized carbons (Fsp3) is 0.240. The molecule has 1 aliphatic rings. The van der Waals surface area contributed by atoms with Gasteiger partial charge in [0, 0.05) is 10.1 Å². The zero-order chi connectivity index (χ0) is 26.8.